The minimum absolute atomic E-state index is 0.126. The normalized spacial score (nSPS) is 10.5. The molecule has 0 aliphatic heterocycles. The third-order valence-corrected chi connectivity index (χ3v) is 1.45. The molecule has 0 aliphatic rings. The molecule has 0 unspecified atom stereocenters. The number of hydrogen-bond donors (Lipinski definition) is 0. The summed E-state index contributed by atoms with van der Waals surface area (Å²) in [6.07, 6.45) is -3.87. The molecule has 1 aromatic heterocycles. The van der Waals surface area contributed by atoms with Gasteiger partial charge in [-0.2, -0.15) is 13.2 Å². The van der Waals surface area contributed by atoms with Crippen LogP contribution in [0.1, 0.15) is 11.5 Å². The minimum atomic E-state index is -4.66. The summed E-state index contributed by atoms with van der Waals surface area (Å²) in [5.41, 5.74) is -0.318. The topological polar surface area (TPSA) is 34.5 Å². The predicted molar refractivity (Wildman–Crippen MR) is 43.6 cm³/mol. The smallest absolute Gasteiger partial charge is 0.311 e. The Labute approximate surface area is 83.0 Å². The first-order valence-electron chi connectivity index (χ1n) is 3.63. The van der Waals surface area contributed by atoms with Gasteiger partial charge in [-0.05, 0) is 0 Å². The Hall–Kier alpha value is -2.15. The predicted octanol–water partition coefficient (Wildman–Crippen LogP) is 2.47. The summed E-state index contributed by atoms with van der Waals surface area (Å²) in [6.45, 7) is 12.8. The molecule has 0 bridgehead atoms. The molecule has 7 heteroatoms. The number of nitrogens with zero attached hydrogens (tertiary/aromatic N) is 4. The van der Waals surface area contributed by atoms with Crippen LogP contribution in [-0.2, 0) is 12.7 Å². The van der Waals surface area contributed by atoms with Gasteiger partial charge in [0.05, 0.1) is 6.57 Å². The van der Waals surface area contributed by atoms with Crippen molar-refractivity contribution in [2.45, 2.75) is 12.7 Å². The van der Waals surface area contributed by atoms with Gasteiger partial charge < -0.3 is 4.85 Å². The van der Waals surface area contributed by atoms with Crippen molar-refractivity contribution in [3.8, 4) is 0 Å². The molecular formula is C8H3F3N4. The van der Waals surface area contributed by atoms with Crippen molar-refractivity contribution in [1.29, 1.82) is 0 Å². The number of halogens is 3. The maximum Gasteiger partial charge on any atom is 0.451 e. The van der Waals surface area contributed by atoms with E-state index in [1.807, 2.05) is 0 Å². The van der Waals surface area contributed by atoms with Crippen LogP contribution in [0.25, 0.3) is 9.69 Å². The highest BCUT2D eigenvalue weighted by atomic mass is 19.4. The van der Waals surface area contributed by atoms with E-state index in [4.69, 9.17) is 13.1 Å². The average molecular weight is 212 g/mol. The molecular weight excluding hydrogens is 209 g/mol. The summed E-state index contributed by atoms with van der Waals surface area (Å²) in [7, 11) is 0. The standard InChI is InChI=1S/C8H3F3N4/c1-12-3-6-5(13-2)4-14-7(15-6)8(9,10)11/h4H,3H2. The summed E-state index contributed by atoms with van der Waals surface area (Å²) in [6, 6.07) is 0. The lowest BCUT2D eigenvalue weighted by Crippen LogP contribution is -2.11. The van der Waals surface area contributed by atoms with Gasteiger partial charge in [0, 0.05) is 6.20 Å². The van der Waals surface area contributed by atoms with Crippen LogP contribution >= 0.6 is 0 Å². The molecule has 76 valence electrons. The Morgan fingerprint density at radius 1 is 1.33 bits per heavy atom. The van der Waals surface area contributed by atoms with Gasteiger partial charge in [-0.25, -0.2) is 21.4 Å². The summed E-state index contributed by atoms with van der Waals surface area (Å²) in [5, 5.41) is 0. The SMILES string of the molecule is [C-]#[N+]Cc1nc(C(F)(F)F)ncc1[N+]#[C-]. The van der Waals surface area contributed by atoms with Crippen LogP contribution in [0.2, 0.25) is 0 Å². The van der Waals surface area contributed by atoms with E-state index in [9.17, 15) is 13.2 Å². The fourth-order valence-corrected chi connectivity index (χ4v) is 0.832. The van der Waals surface area contributed by atoms with Gasteiger partial charge in [0.2, 0.25) is 18.1 Å². The van der Waals surface area contributed by atoms with E-state index in [0.29, 0.717) is 0 Å². The number of alkyl halides is 3. The zero-order chi connectivity index (χ0) is 11.5. The second kappa shape index (κ2) is 3.93. The van der Waals surface area contributed by atoms with Gasteiger partial charge in [0.1, 0.15) is 5.69 Å². The zero-order valence-corrected chi connectivity index (χ0v) is 7.21. The van der Waals surface area contributed by atoms with E-state index < -0.39 is 12.0 Å². The largest absolute Gasteiger partial charge is 0.451 e. The molecule has 0 aliphatic carbocycles. The summed E-state index contributed by atoms with van der Waals surface area (Å²) >= 11 is 0. The molecule has 0 aromatic carbocycles. The highest BCUT2D eigenvalue weighted by Crippen LogP contribution is 2.28. The van der Waals surface area contributed by atoms with Crippen LogP contribution in [0.15, 0.2) is 6.20 Å². The van der Waals surface area contributed by atoms with Crippen LogP contribution in [0.3, 0.4) is 0 Å². The first-order valence-corrected chi connectivity index (χ1v) is 3.63. The van der Waals surface area contributed by atoms with Crippen LogP contribution in [0, 0.1) is 13.1 Å². The molecule has 0 fully saturated rings. The molecule has 1 aromatic rings. The van der Waals surface area contributed by atoms with Crippen molar-refractivity contribution in [2.24, 2.45) is 0 Å². The second-order valence-electron chi connectivity index (χ2n) is 2.45. The number of aromatic nitrogens is 2. The number of rotatable bonds is 1. The van der Waals surface area contributed by atoms with Crippen LogP contribution in [-0.4, -0.2) is 9.97 Å². The zero-order valence-electron chi connectivity index (χ0n) is 7.21. The van der Waals surface area contributed by atoms with Crippen molar-refractivity contribution >= 4 is 5.69 Å². The first kappa shape index (κ1) is 10.9. The molecule has 0 amide bonds. The van der Waals surface area contributed by atoms with E-state index in [2.05, 4.69) is 19.7 Å². The average Bonchev–Trinajstić information content (AvgIpc) is 2.17. The fourth-order valence-electron chi connectivity index (χ4n) is 0.832. The molecule has 0 N–H and O–H groups in total. The van der Waals surface area contributed by atoms with E-state index in [1.165, 1.54) is 0 Å². The van der Waals surface area contributed by atoms with Crippen LogP contribution in [0.5, 0.6) is 0 Å². The molecule has 0 saturated heterocycles. The quantitative estimate of drug-likeness (QED) is 0.670. The molecule has 4 nitrogen and oxygen atoms in total. The first-order chi connectivity index (χ1) is 6.99. The fraction of sp³-hybridized carbons (Fsp3) is 0.250. The van der Waals surface area contributed by atoms with Gasteiger partial charge in [-0.3, -0.25) is 0 Å². The second-order valence-corrected chi connectivity index (χ2v) is 2.45. The third-order valence-electron chi connectivity index (χ3n) is 1.45. The molecule has 0 radical (unpaired) electrons. The molecule has 0 saturated carbocycles. The lowest BCUT2D eigenvalue weighted by atomic mass is 10.3. The van der Waals surface area contributed by atoms with E-state index in [0.717, 1.165) is 6.20 Å². The van der Waals surface area contributed by atoms with Crippen molar-refractivity contribution in [1.82, 2.24) is 9.97 Å². The van der Waals surface area contributed by atoms with Crippen molar-refractivity contribution in [3.63, 3.8) is 0 Å². The van der Waals surface area contributed by atoms with Crippen molar-refractivity contribution in [3.05, 3.63) is 40.5 Å². The molecule has 15 heavy (non-hydrogen) atoms. The molecule has 1 heterocycles. The summed E-state index contributed by atoms with van der Waals surface area (Å²) < 4.78 is 36.5. The molecule has 1 rings (SSSR count). The third kappa shape index (κ3) is 2.41. The van der Waals surface area contributed by atoms with E-state index in [-0.39, 0.29) is 17.9 Å². The van der Waals surface area contributed by atoms with Crippen molar-refractivity contribution < 1.29 is 13.2 Å². The highest BCUT2D eigenvalue weighted by Gasteiger charge is 2.35. The van der Waals surface area contributed by atoms with Crippen molar-refractivity contribution in [2.75, 3.05) is 0 Å². The molecule has 0 atom stereocenters. The Kier molecular flexibility index (Phi) is 2.86. The van der Waals surface area contributed by atoms with Gasteiger partial charge in [-0.15, -0.1) is 0 Å². The molecule has 0 spiro atoms. The van der Waals surface area contributed by atoms with Crippen LogP contribution in [0.4, 0.5) is 18.9 Å². The lowest BCUT2D eigenvalue weighted by molar-refractivity contribution is -0.145. The maximum absolute atomic E-state index is 12.2. The Bertz CT molecular complexity index is 452. The van der Waals surface area contributed by atoms with Gasteiger partial charge in [-0.1, -0.05) is 0 Å². The Morgan fingerprint density at radius 2 is 2.00 bits per heavy atom. The minimum Gasteiger partial charge on any atom is -0.311 e. The van der Waals surface area contributed by atoms with E-state index in [1.54, 1.807) is 0 Å². The summed E-state index contributed by atoms with van der Waals surface area (Å²) in [5.74, 6) is -1.33. The summed E-state index contributed by atoms with van der Waals surface area (Å²) in [4.78, 5) is 12.0. The van der Waals surface area contributed by atoms with Gasteiger partial charge in [0.25, 0.3) is 0 Å². The highest BCUT2D eigenvalue weighted by molar-refractivity contribution is 5.47. The monoisotopic (exact) mass is 212 g/mol. The van der Waals surface area contributed by atoms with Gasteiger partial charge >= 0.3 is 6.18 Å². The lowest BCUT2D eigenvalue weighted by Gasteiger charge is -2.05. The number of hydrogen-bond acceptors (Lipinski definition) is 2. The maximum atomic E-state index is 12.2. The van der Waals surface area contributed by atoms with Crippen LogP contribution < -0.4 is 0 Å². The van der Waals surface area contributed by atoms with E-state index >= 15 is 0 Å². The Balaban J connectivity index is 3.25. The van der Waals surface area contributed by atoms with Gasteiger partial charge in [0.15, 0.2) is 0 Å². The Morgan fingerprint density at radius 3 is 2.47 bits per heavy atom.